The van der Waals surface area contributed by atoms with E-state index in [1.807, 2.05) is 93.6 Å². The Kier molecular flexibility index (Phi) is 10.2. The Morgan fingerprint density at radius 2 is 1.56 bits per heavy atom. The van der Waals surface area contributed by atoms with E-state index in [2.05, 4.69) is 24.4 Å². The Morgan fingerprint density at radius 1 is 0.923 bits per heavy atom. The average molecular weight is 528 g/mol. The summed E-state index contributed by atoms with van der Waals surface area (Å²) in [5.74, 6) is -2.96. The molecule has 0 spiro atoms. The standard InChI is InChI=1S/C33H37NO5/c1-23-11-8-9-16-28(23)26-19-17-24(18-20-26)14-10-15-27(21-29(35)36)31(37)34-30(33(2,3)4)32(38)39-22-25-12-6-5-7-13-25/h5-14,16-20,27,30H,15,21-22H2,1-4H3,(H,34,37)(H,35,36)/b14-10+/t27-,30-/m1/s1. The minimum absolute atomic E-state index is 0.0893. The summed E-state index contributed by atoms with van der Waals surface area (Å²) in [6.07, 6.45) is 3.54. The van der Waals surface area contributed by atoms with Crippen LogP contribution in [0, 0.1) is 18.3 Å². The Labute approximate surface area is 230 Å². The van der Waals surface area contributed by atoms with Crippen molar-refractivity contribution in [3.8, 4) is 11.1 Å². The van der Waals surface area contributed by atoms with Gasteiger partial charge in [-0.3, -0.25) is 9.59 Å². The number of aliphatic carboxylic acids is 1. The molecule has 0 aliphatic rings. The first-order chi connectivity index (χ1) is 18.5. The van der Waals surface area contributed by atoms with Crippen LogP contribution in [0.1, 0.15) is 50.3 Å². The van der Waals surface area contributed by atoms with Crippen molar-refractivity contribution in [3.05, 3.63) is 102 Å². The maximum atomic E-state index is 13.2. The molecule has 3 rings (SSSR count). The zero-order chi connectivity index (χ0) is 28.4. The number of carboxylic acids is 1. The van der Waals surface area contributed by atoms with Crippen molar-refractivity contribution in [1.29, 1.82) is 0 Å². The van der Waals surface area contributed by atoms with E-state index < -0.39 is 35.2 Å². The second kappa shape index (κ2) is 13.6. The summed E-state index contributed by atoms with van der Waals surface area (Å²) in [6.45, 7) is 7.65. The SMILES string of the molecule is Cc1ccccc1-c1ccc(/C=C/C[C@H](CC(=O)O)C(=O)N[C@H](C(=O)OCc2ccccc2)C(C)(C)C)cc1. The van der Waals surface area contributed by atoms with Crippen LogP contribution >= 0.6 is 0 Å². The first-order valence-electron chi connectivity index (χ1n) is 13.1. The van der Waals surface area contributed by atoms with E-state index in [-0.39, 0.29) is 19.4 Å². The van der Waals surface area contributed by atoms with Crippen LogP contribution in [0.3, 0.4) is 0 Å². The number of hydrogen-bond acceptors (Lipinski definition) is 4. The van der Waals surface area contributed by atoms with Gasteiger partial charge in [-0.25, -0.2) is 4.79 Å². The Balaban J connectivity index is 1.66. The number of allylic oxidation sites excluding steroid dienone is 1. The lowest BCUT2D eigenvalue weighted by Crippen LogP contribution is -2.51. The molecule has 0 heterocycles. The van der Waals surface area contributed by atoms with Crippen LogP contribution in [-0.2, 0) is 25.7 Å². The van der Waals surface area contributed by atoms with E-state index in [4.69, 9.17) is 4.74 Å². The zero-order valence-electron chi connectivity index (χ0n) is 23.0. The second-order valence-electron chi connectivity index (χ2n) is 10.8. The molecule has 39 heavy (non-hydrogen) atoms. The second-order valence-corrected chi connectivity index (χ2v) is 10.8. The predicted octanol–water partition coefficient (Wildman–Crippen LogP) is 6.43. The highest BCUT2D eigenvalue weighted by atomic mass is 16.5. The molecule has 2 atom stereocenters. The molecule has 6 nitrogen and oxygen atoms in total. The molecule has 1 amide bonds. The Morgan fingerprint density at radius 3 is 2.18 bits per heavy atom. The van der Waals surface area contributed by atoms with Gasteiger partial charge in [-0.05, 0) is 46.6 Å². The van der Waals surface area contributed by atoms with Crippen LogP contribution in [-0.4, -0.2) is 29.0 Å². The number of carbonyl (C=O) groups excluding carboxylic acids is 2. The lowest BCUT2D eigenvalue weighted by Gasteiger charge is -2.30. The third-order valence-electron chi connectivity index (χ3n) is 6.50. The highest BCUT2D eigenvalue weighted by molar-refractivity contribution is 5.88. The van der Waals surface area contributed by atoms with Crippen molar-refractivity contribution in [2.45, 2.75) is 53.2 Å². The van der Waals surface area contributed by atoms with Crippen LogP contribution in [0.4, 0.5) is 0 Å². The molecule has 0 bridgehead atoms. The highest BCUT2D eigenvalue weighted by Crippen LogP contribution is 2.25. The molecule has 6 heteroatoms. The smallest absolute Gasteiger partial charge is 0.329 e. The van der Waals surface area contributed by atoms with Gasteiger partial charge in [-0.1, -0.05) is 112 Å². The third-order valence-corrected chi connectivity index (χ3v) is 6.50. The van der Waals surface area contributed by atoms with Crippen molar-refractivity contribution in [2.24, 2.45) is 11.3 Å². The molecule has 0 fully saturated rings. The van der Waals surface area contributed by atoms with Crippen LogP contribution in [0.2, 0.25) is 0 Å². The third kappa shape index (κ3) is 8.95. The van der Waals surface area contributed by atoms with Crippen LogP contribution < -0.4 is 5.32 Å². The fourth-order valence-corrected chi connectivity index (χ4v) is 4.23. The van der Waals surface area contributed by atoms with Crippen molar-refractivity contribution < 1.29 is 24.2 Å². The number of carbonyl (C=O) groups is 3. The van der Waals surface area contributed by atoms with Crippen LogP contribution in [0.25, 0.3) is 17.2 Å². The van der Waals surface area contributed by atoms with E-state index >= 15 is 0 Å². The minimum Gasteiger partial charge on any atom is -0.481 e. The molecular formula is C33H37NO5. The summed E-state index contributed by atoms with van der Waals surface area (Å²) < 4.78 is 5.48. The minimum atomic E-state index is -1.08. The van der Waals surface area contributed by atoms with Gasteiger partial charge < -0.3 is 15.2 Å². The van der Waals surface area contributed by atoms with E-state index in [9.17, 15) is 19.5 Å². The van der Waals surface area contributed by atoms with Crippen LogP contribution in [0.5, 0.6) is 0 Å². The molecule has 0 aromatic heterocycles. The largest absolute Gasteiger partial charge is 0.481 e. The van der Waals surface area contributed by atoms with Gasteiger partial charge in [0.25, 0.3) is 0 Å². The summed E-state index contributed by atoms with van der Waals surface area (Å²) in [7, 11) is 0. The zero-order valence-corrected chi connectivity index (χ0v) is 23.0. The van der Waals surface area contributed by atoms with Gasteiger partial charge in [-0.15, -0.1) is 0 Å². The molecule has 0 aliphatic carbocycles. The van der Waals surface area contributed by atoms with E-state index in [1.54, 1.807) is 6.08 Å². The lowest BCUT2D eigenvalue weighted by atomic mass is 9.86. The maximum Gasteiger partial charge on any atom is 0.329 e. The van der Waals surface area contributed by atoms with Gasteiger partial charge >= 0.3 is 11.9 Å². The molecule has 3 aromatic carbocycles. The van der Waals surface area contributed by atoms with E-state index in [1.165, 1.54) is 11.1 Å². The van der Waals surface area contributed by atoms with Gasteiger partial charge in [-0.2, -0.15) is 0 Å². The Bertz CT molecular complexity index is 1290. The van der Waals surface area contributed by atoms with Gasteiger partial charge in [0, 0.05) is 0 Å². The van der Waals surface area contributed by atoms with Gasteiger partial charge in [0.15, 0.2) is 0 Å². The molecule has 0 radical (unpaired) electrons. The van der Waals surface area contributed by atoms with Crippen molar-refractivity contribution >= 4 is 23.9 Å². The molecule has 0 unspecified atom stereocenters. The average Bonchev–Trinajstić information content (AvgIpc) is 2.90. The fourth-order valence-electron chi connectivity index (χ4n) is 4.23. The summed E-state index contributed by atoms with van der Waals surface area (Å²) in [6, 6.07) is 24.6. The van der Waals surface area contributed by atoms with Crippen molar-refractivity contribution in [1.82, 2.24) is 5.32 Å². The molecular weight excluding hydrogens is 490 g/mol. The topological polar surface area (TPSA) is 92.7 Å². The Hall–Kier alpha value is -4.19. The monoisotopic (exact) mass is 527 g/mol. The van der Waals surface area contributed by atoms with E-state index in [0.717, 1.165) is 16.7 Å². The normalized spacial score (nSPS) is 13.0. The first kappa shape index (κ1) is 29.4. The first-order valence-corrected chi connectivity index (χ1v) is 13.1. The van der Waals surface area contributed by atoms with E-state index in [0.29, 0.717) is 0 Å². The van der Waals surface area contributed by atoms with Gasteiger partial charge in [0.2, 0.25) is 5.91 Å². The summed E-state index contributed by atoms with van der Waals surface area (Å²) >= 11 is 0. The van der Waals surface area contributed by atoms with Crippen LogP contribution in [0.15, 0.2) is 84.9 Å². The van der Waals surface area contributed by atoms with Crippen molar-refractivity contribution in [2.75, 3.05) is 0 Å². The molecule has 0 saturated carbocycles. The lowest BCUT2D eigenvalue weighted by molar-refractivity contribution is -0.153. The van der Waals surface area contributed by atoms with Crippen molar-refractivity contribution in [3.63, 3.8) is 0 Å². The highest BCUT2D eigenvalue weighted by Gasteiger charge is 2.36. The number of nitrogens with one attached hydrogen (secondary N) is 1. The quantitative estimate of drug-likeness (QED) is 0.280. The number of rotatable bonds is 11. The van der Waals surface area contributed by atoms with Gasteiger partial charge in [0.1, 0.15) is 12.6 Å². The molecule has 204 valence electrons. The molecule has 0 aliphatic heterocycles. The molecule has 3 aromatic rings. The summed E-state index contributed by atoms with van der Waals surface area (Å²) in [5, 5.41) is 12.2. The number of benzene rings is 3. The number of ether oxygens (including phenoxy) is 1. The number of carboxylic acid groups (broad SMARTS) is 1. The summed E-state index contributed by atoms with van der Waals surface area (Å²) in [5.41, 5.74) is 4.62. The number of aryl methyl sites for hydroxylation is 1. The number of hydrogen-bond donors (Lipinski definition) is 2. The number of amides is 1. The summed E-state index contributed by atoms with van der Waals surface area (Å²) in [4.78, 5) is 37.6. The maximum absolute atomic E-state index is 13.2. The molecule has 2 N–H and O–H groups in total. The predicted molar refractivity (Wildman–Crippen MR) is 154 cm³/mol. The van der Waals surface area contributed by atoms with Gasteiger partial charge in [0.05, 0.1) is 12.3 Å². The molecule has 0 saturated heterocycles. The number of esters is 1. The fraction of sp³-hybridized carbons (Fsp3) is 0.303.